The van der Waals surface area contributed by atoms with E-state index in [1.54, 1.807) is 12.4 Å². The zero-order chi connectivity index (χ0) is 38.5. The Kier molecular flexibility index (Phi) is 9.95. The molecule has 1 aliphatic carbocycles. The van der Waals surface area contributed by atoms with Gasteiger partial charge in [-0.25, -0.2) is 9.97 Å². The van der Waals surface area contributed by atoms with Crippen molar-refractivity contribution < 1.29 is 19.1 Å². The summed E-state index contributed by atoms with van der Waals surface area (Å²) in [5, 5.41) is 0. The highest BCUT2D eigenvalue weighted by Crippen LogP contribution is 2.36. The number of ketones is 1. The number of carbonyl (C=O) groups is 3. The van der Waals surface area contributed by atoms with Gasteiger partial charge in [0.2, 0.25) is 0 Å². The van der Waals surface area contributed by atoms with Crippen LogP contribution < -0.4 is 14.5 Å². The summed E-state index contributed by atoms with van der Waals surface area (Å²) in [6.07, 6.45) is 5.43. The summed E-state index contributed by atoms with van der Waals surface area (Å²) < 4.78 is 5.95. The Hall–Kier alpha value is -4.94. The lowest BCUT2D eigenvalue weighted by molar-refractivity contribution is -0.123. The summed E-state index contributed by atoms with van der Waals surface area (Å²) in [5.41, 5.74) is 6.78. The Morgan fingerprint density at radius 2 is 1.55 bits per heavy atom. The third-order valence-corrected chi connectivity index (χ3v) is 12.8. The van der Waals surface area contributed by atoms with Crippen LogP contribution in [0.1, 0.15) is 83.5 Å². The van der Waals surface area contributed by atoms with Crippen molar-refractivity contribution >= 4 is 34.8 Å². The number of carbonyl (C=O) groups excluding carboxylic acids is 3. The number of likely N-dealkylation sites (tertiary alicyclic amines) is 1. The van der Waals surface area contributed by atoms with Crippen LogP contribution >= 0.6 is 0 Å². The molecule has 9 rings (SSSR count). The molecule has 1 saturated carbocycles. The van der Waals surface area contributed by atoms with Gasteiger partial charge < -0.3 is 19.4 Å². The number of piperidine rings is 1. The number of hydrogen-bond acceptors (Lipinski definition) is 11. The quantitative estimate of drug-likeness (QED) is 0.210. The molecule has 292 valence electrons. The fourth-order valence-corrected chi connectivity index (χ4v) is 9.53. The molecule has 12 heteroatoms. The van der Waals surface area contributed by atoms with Gasteiger partial charge >= 0.3 is 0 Å². The van der Waals surface area contributed by atoms with Gasteiger partial charge in [0.05, 0.1) is 41.2 Å². The van der Waals surface area contributed by atoms with E-state index in [-0.39, 0.29) is 30.1 Å². The summed E-state index contributed by atoms with van der Waals surface area (Å²) in [6.45, 7) is 19.0. The van der Waals surface area contributed by atoms with E-state index in [1.807, 2.05) is 32.0 Å². The molecule has 1 atom stereocenters. The number of aromatic nitrogens is 2. The van der Waals surface area contributed by atoms with Crippen LogP contribution in [0, 0.1) is 11.8 Å². The molecule has 56 heavy (non-hydrogen) atoms. The zero-order valence-electron chi connectivity index (χ0n) is 32.7. The maximum absolute atomic E-state index is 13.4. The van der Waals surface area contributed by atoms with Gasteiger partial charge in [0, 0.05) is 89.2 Å². The number of hydrogen-bond donors (Lipinski definition) is 0. The Morgan fingerprint density at radius 3 is 2.32 bits per heavy atom. The normalized spacial score (nSPS) is 22.5. The van der Waals surface area contributed by atoms with Gasteiger partial charge in [-0.1, -0.05) is 18.2 Å². The highest BCUT2D eigenvalue weighted by atomic mass is 16.5. The monoisotopic (exact) mass is 756 g/mol. The number of rotatable bonds is 10. The van der Waals surface area contributed by atoms with Crippen LogP contribution in [0.15, 0.2) is 65.9 Å². The second-order valence-corrected chi connectivity index (χ2v) is 16.7. The van der Waals surface area contributed by atoms with Gasteiger partial charge in [0.1, 0.15) is 17.9 Å². The van der Waals surface area contributed by atoms with E-state index in [1.165, 1.54) is 23.6 Å². The van der Waals surface area contributed by atoms with Gasteiger partial charge in [-0.15, -0.1) is 0 Å². The van der Waals surface area contributed by atoms with E-state index in [2.05, 4.69) is 54.3 Å². The minimum absolute atomic E-state index is 0.0885. The molecule has 1 unspecified atom stereocenters. The van der Waals surface area contributed by atoms with Gasteiger partial charge in [-0.2, -0.15) is 0 Å². The smallest absolute Gasteiger partial charge is 0.262 e. The van der Waals surface area contributed by atoms with Crippen molar-refractivity contribution in [1.82, 2.24) is 24.7 Å². The number of allylic oxidation sites excluding steroid dienone is 1. The van der Waals surface area contributed by atoms with Crippen LogP contribution in [0.3, 0.4) is 0 Å². The molecule has 0 bridgehead atoms. The molecule has 12 nitrogen and oxygen atoms in total. The second kappa shape index (κ2) is 15.2. The Labute approximate surface area is 329 Å². The first-order valence-electron chi connectivity index (χ1n) is 20.5. The predicted octanol–water partition coefficient (Wildman–Crippen LogP) is 4.86. The summed E-state index contributed by atoms with van der Waals surface area (Å²) in [7, 11) is 0. The zero-order valence-corrected chi connectivity index (χ0v) is 32.7. The third-order valence-electron chi connectivity index (χ3n) is 12.8. The molecule has 5 aliphatic heterocycles. The average molecular weight is 757 g/mol. The van der Waals surface area contributed by atoms with Crippen molar-refractivity contribution in [3.05, 3.63) is 88.9 Å². The molecule has 1 aromatic heterocycles. The SMILES string of the molecule is C=C1CCC(N2C(=O)c3ccc(N4CCC(C5CN(CCN6CCN(c7cc(C8=NCc9ccc(OC(C)C)cc98)ncn7)CC6)C5)CC4)cc3C2=O)C(=O)C1. The van der Waals surface area contributed by atoms with Gasteiger partial charge in [0.15, 0.2) is 5.78 Å². The van der Waals surface area contributed by atoms with Crippen molar-refractivity contribution in [2.24, 2.45) is 16.8 Å². The molecule has 3 saturated heterocycles. The van der Waals surface area contributed by atoms with Crippen LogP contribution in [-0.4, -0.2) is 126 Å². The summed E-state index contributed by atoms with van der Waals surface area (Å²) in [4.78, 5) is 64.6. The number of aliphatic imine (C=N–C) groups is 1. The van der Waals surface area contributed by atoms with Crippen LogP contribution in [0.2, 0.25) is 0 Å². The molecule has 0 radical (unpaired) electrons. The lowest BCUT2D eigenvalue weighted by Gasteiger charge is -2.47. The van der Waals surface area contributed by atoms with Gasteiger partial charge in [-0.05, 0) is 87.3 Å². The maximum Gasteiger partial charge on any atom is 0.262 e. The molecule has 0 N–H and O–H groups in total. The van der Waals surface area contributed by atoms with Crippen molar-refractivity contribution in [2.75, 3.05) is 75.2 Å². The van der Waals surface area contributed by atoms with E-state index in [0.29, 0.717) is 36.4 Å². The minimum atomic E-state index is -0.679. The van der Waals surface area contributed by atoms with Gasteiger partial charge in [0.25, 0.3) is 11.8 Å². The molecule has 6 aliphatic rings. The van der Waals surface area contributed by atoms with Crippen molar-refractivity contribution in [2.45, 2.75) is 64.6 Å². The number of ether oxygens (including phenoxy) is 1. The summed E-state index contributed by atoms with van der Waals surface area (Å²) in [6, 6.07) is 13.3. The third kappa shape index (κ3) is 7.13. The Balaban J connectivity index is 0.711. The molecule has 3 aromatic rings. The number of nitrogens with zero attached hydrogens (tertiary/aromatic N) is 8. The standard InChI is InChI=1S/C44H52N8O4/c1-28(2)56-34-7-5-31-24-45-42(36(31)22-34)38-23-41(47-27-46-38)51-18-16-48(17-19-51)14-15-49-25-32(26-49)30-10-12-50(13-11-30)33-6-8-35-37(21-33)44(55)52(43(35)54)39-9-4-29(3)20-40(39)53/h5-8,21-23,27-28,30,32,39H,3-4,9-20,24-26H2,1-2H3. The molecule has 2 aromatic carbocycles. The van der Waals surface area contributed by atoms with Crippen molar-refractivity contribution in [1.29, 1.82) is 0 Å². The number of fused-ring (bicyclic) bond motifs is 2. The summed E-state index contributed by atoms with van der Waals surface area (Å²) in [5.74, 6) is 2.50. The number of imide groups is 1. The highest BCUT2D eigenvalue weighted by Gasteiger charge is 2.44. The predicted molar refractivity (Wildman–Crippen MR) is 216 cm³/mol. The molecule has 0 spiro atoms. The number of amides is 2. The molecule has 2 amide bonds. The average Bonchev–Trinajstić information content (AvgIpc) is 3.71. The first-order chi connectivity index (χ1) is 27.2. The van der Waals surface area contributed by atoms with E-state index in [4.69, 9.17) is 9.73 Å². The lowest BCUT2D eigenvalue weighted by atomic mass is 9.79. The van der Waals surface area contributed by atoms with Crippen LogP contribution in [-0.2, 0) is 11.3 Å². The largest absolute Gasteiger partial charge is 0.491 e. The number of benzene rings is 2. The van der Waals surface area contributed by atoms with E-state index < -0.39 is 6.04 Å². The fraction of sp³-hybridized carbons (Fsp3) is 0.500. The topological polar surface area (TPSA) is 115 Å². The van der Waals surface area contributed by atoms with E-state index in [9.17, 15) is 14.4 Å². The van der Waals surface area contributed by atoms with E-state index >= 15 is 0 Å². The lowest BCUT2D eigenvalue weighted by Crippen LogP contribution is -2.55. The molecule has 4 fully saturated rings. The van der Waals surface area contributed by atoms with Gasteiger partial charge in [-0.3, -0.25) is 29.2 Å². The number of piperazine rings is 1. The van der Waals surface area contributed by atoms with Crippen LogP contribution in [0.5, 0.6) is 5.75 Å². The molecule has 6 heterocycles. The summed E-state index contributed by atoms with van der Waals surface area (Å²) >= 11 is 0. The van der Waals surface area contributed by atoms with Crippen LogP contribution in [0.4, 0.5) is 11.5 Å². The van der Waals surface area contributed by atoms with Crippen LogP contribution in [0.25, 0.3) is 0 Å². The first-order valence-corrected chi connectivity index (χ1v) is 20.5. The first kappa shape index (κ1) is 36.7. The molecular formula is C44H52N8O4. The minimum Gasteiger partial charge on any atom is -0.491 e. The fourth-order valence-electron chi connectivity index (χ4n) is 9.53. The van der Waals surface area contributed by atoms with E-state index in [0.717, 1.165) is 111 Å². The van der Waals surface area contributed by atoms with Crippen molar-refractivity contribution in [3.8, 4) is 5.75 Å². The Morgan fingerprint density at radius 1 is 0.786 bits per heavy atom. The Bertz CT molecular complexity index is 2080. The number of Topliss-reactive ketones (excluding diaryl/α,β-unsaturated/α-hetero) is 1. The van der Waals surface area contributed by atoms with Crippen molar-refractivity contribution in [3.63, 3.8) is 0 Å². The maximum atomic E-state index is 13.4. The molecular weight excluding hydrogens is 705 g/mol. The number of anilines is 2. The second-order valence-electron chi connectivity index (χ2n) is 16.7. The highest BCUT2D eigenvalue weighted by molar-refractivity contribution is 6.23.